The second-order valence-corrected chi connectivity index (χ2v) is 9.77. The maximum Gasteiger partial charge on any atom is 0.341 e. The van der Waals surface area contributed by atoms with Gasteiger partial charge < -0.3 is 10.1 Å². The lowest BCUT2D eigenvalue weighted by Gasteiger charge is -2.13. The third-order valence-corrected chi connectivity index (χ3v) is 7.36. The van der Waals surface area contributed by atoms with Gasteiger partial charge in [0.2, 0.25) is 0 Å². The molecule has 11 heteroatoms. The number of nitro groups is 1. The summed E-state index contributed by atoms with van der Waals surface area (Å²) in [6, 6.07) is 4.07. The van der Waals surface area contributed by atoms with Crippen molar-refractivity contribution in [2.75, 3.05) is 17.7 Å². The summed E-state index contributed by atoms with van der Waals surface area (Å²) in [6.45, 7) is 3.33. The average molecular weight is 438 g/mol. The van der Waals surface area contributed by atoms with Crippen LogP contribution < -0.4 is 5.32 Å². The zero-order valence-corrected chi connectivity index (χ0v) is 17.3. The predicted octanol–water partition coefficient (Wildman–Crippen LogP) is 2.86. The molecule has 29 heavy (non-hydrogen) atoms. The SMILES string of the molecule is CCOC(=O)c1c(NC(=O)c2ccc(C)c([N+](=O)[O-])c2)sc2c1CCS(=O)(=O)C2. The van der Waals surface area contributed by atoms with Crippen LogP contribution in [0, 0.1) is 17.0 Å². The van der Waals surface area contributed by atoms with Crippen LogP contribution in [0.2, 0.25) is 0 Å². The summed E-state index contributed by atoms with van der Waals surface area (Å²) < 4.78 is 29.0. The number of hydrogen-bond acceptors (Lipinski definition) is 8. The van der Waals surface area contributed by atoms with Gasteiger partial charge in [-0.2, -0.15) is 0 Å². The fourth-order valence-corrected chi connectivity index (χ4v) is 6.09. The Balaban J connectivity index is 1.99. The summed E-state index contributed by atoms with van der Waals surface area (Å²) in [5.74, 6) is -1.57. The van der Waals surface area contributed by atoms with E-state index in [2.05, 4.69) is 5.32 Å². The number of fused-ring (bicyclic) bond motifs is 1. The minimum absolute atomic E-state index is 0.0519. The first kappa shape index (κ1) is 20.9. The normalized spacial score (nSPS) is 14.7. The van der Waals surface area contributed by atoms with Gasteiger partial charge in [0.05, 0.1) is 28.6 Å². The molecular formula is C18H18N2O7S2. The van der Waals surface area contributed by atoms with Crippen LogP contribution >= 0.6 is 11.3 Å². The van der Waals surface area contributed by atoms with Gasteiger partial charge in [0.25, 0.3) is 11.6 Å². The molecule has 1 aliphatic heterocycles. The maximum atomic E-state index is 12.7. The second-order valence-electron chi connectivity index (χ2n) is 6.48. The van der Waals surface area contributed by atoms with Gasteiger partial charge in [0, 0.05) is 22.1 Å². The average Bonchev–Trinajstić information content (AvgIpc) is 2.97. The molecule has 2 heterocycles. The number of carbonyl (C=O) groups excluding carboxylic acids is 2. The highest BCUT2D eigenvalue weighted by molar-refractivity contribution is 7.90. The van der Waals surface area contributed by atoms with Crippen molar-refractivity contribution in [2.24, 2.45) is 0 Å². The number of ether oxygens (including phenoxy) is 1. The first-order valence-electron chi connectivity index (χ1n) is 8.71. The molecule has 1 aromatic carbocycles. The summed E-state index contributed by atoms with van der Waals surface area (Å²) in [5.41, 5.74) is 0.983. The van der Waals surface area contributed by atoms with Crippen molar-refractivity contribution in [3.8, 4) is 0 Å². The molecule has 154 valence electrons. The Morgan fingerprint density at radius 2 is 2.07 bits per heavy atom. The lowest BCUT2D eigenvalue weighted by Crippen LogP contribution is -2.20. The summed E-state index contributed by atoms with van der Waals surface area (Å²) in [7, 11) is -3.27. The molecule has 0 fully saturated rings. The minimum Gasteiger partial charge on any atom is -0.462 e. The lowest BCUT2D eigenvalue weighted by molar-refractivity contribution is -0.385. The van der Waals surface area contributed by atoms with Crippen molar-refractivity contribution in [3.63, 3.8) is 0 Å². The number of hydrogen-bond donors (Lipinski definition) is 1. The number of carbonyl (C=O) groups is 2. The number of nitro benzene ring substituents is 1. The van der Waals surface area contributed by atoms with Crippen molar-refractivity contribution in [1.82, 2.24) is 0 Å². The Morgan fingerprint density at radius 1 is 1.34 bits per heavy atom. The summed E-state index contributed by atoms with van der Waals surface area (Å²) >= 11 is 1.01. The first-order valence-corrected chi connectivity index (χ1v) is 11.3. The van der Waals surface area contributed by atoms with Crippen molar-refractivity contribution in [2.45, 2.75) is 26.0 Å². The molecule has 1 N–H and O–H groups in total. The number of esters is 1. The topological polar surface area (TPSA) is 133 Å². The van der Waals surface area contributed by atoms with Crippen LogP contribution in [0.1, 0.15) is 43.6 Å². The van der Waals surface area contributed by atoms with Crippen molar-refractivity contribution in [1.29, 1.82) is 0 Å². The van der Waals surface area contributed by atoms with Crippen LogP contribution in [0.25, 0.3) is 0 Å². The number of amides is 1. The third-order valence-electron chi connectivity index (χ3n) is 4.48. The molecule has 0 aliphatic carbocycles. The Bertz CT molecular complexity index is 1120. The van der Waals surface area contributed by atoms with E-state index < -0.39 is 26.6 Å². The fourth-order valence-electron chi connectivity index (χ4n) is 3.05. The van der Waals surface area contributed by atoms with Gasteiger partial charge in [-0.1, -0.05) is 6.07 Å². The number of thiophene rings is 1. The van der Waals surface area contributed by atoms with Crippen LogP contribution in [0.5, 0.6) is 0 Å². The predicted molar refractivity (Wildman–Crippen MR) is 107 cm³/mol. The Kier molecular flexibility index (Phi) is 5.71. The molecule has 3 rings (SSSR count). The number of nitrogens with zero attached hydrogens (tertiary/aromatic N) is 1. The van der Waals surface area contributed by atoms with E-state index in [0.29, 0.717) is 16.0 Å². The summed E-state index contributed by atoms with van der Waals surface area (Å²) in [6.07, 6.45) is 0.161. The minimum atomic E-state index is -3.27. The number of anilines is 1. The van der Waals surface area contributed by atoms with Gasteiger partial charge in [0.1, 0.15) is 5.00 Å². The Hall–Kier alpha value is -2.79. The summed E-state index contributed by atoms with van der Waals surface area (Å²) in [5, 5.41) is 13.9. The zero-order chi connectivity index (χ0) is 21.3. The number of nitrogens with one attached hydrogen (secondary N) is 1. The Labute approximate surface area is 170 Å². The quantitative estimate of drug-likeness (QED) is 0.431. The number of sulfone groups is 1. The van der Waals surface area contributed by atoms with Crippen molar-refractivity contribution < 1.29 is 27.7 Å². The lowest BCUT2D eigenvalue weighted by atomic mass is 10.1. The molecule has 9 nitrogen and oxygen atoms in total. The third kappa shape index (κ3) is 4.30. The largest absolute Gasteiger partial charge is 0.462 e. The molecule has 0 bridgehead atoms. The van der Waals surface area contributed by atoms with Crippen molar-refractivity contribution >= 4 is 43.7 Å². The van der Waals surface area contributed by atoms with Crippen molar-refractivity contribution in [3.05, 3.63) is 55.4 Å². The van der Waals surface area contributed by atoms with E-state index in [-0.39, 0.29) is 46.3 Å². The molecule has 0 unspecified atom stereocenters. The van der Waals surface area contributed by atoms with E-state index in [1.54, 1.807) is 13.8 Å². The van der Waals surface area contributed by atoms with E-state index in [0.717, 1.165) is 17.4 Å². The molecule has 0 spiro atoms. The zero-order valence-electron chi connectivity index (χ0n) is 15.7. The number of rotatable bonds is 5. The smallest absolute Gasteiger partial charge is 0.341 e. The monoisotopic (exact) mass is 438 g/mol. The number of aryl methyl sites for hydroxylation is 1. The van der Waals surface area contributed by atoms with Gasteiger partial charge in [-0.15, -0.1) is 11.3 Å². The number of benzene rings is 1. The van der Waals surface area contributed by atoms with Gasteiger partial charge in [-0.05, 0) is 31.9 Å². The van der Waals surface area contributed by atoms with E-state index >= 15 is 0 Å². The molecule has 1 aliphatic rings. The van der Waals surface area contributed by atoms with E-state index in [9.17, 15) is 28.1 Å². The standard InChI is InChI=1S/C18H18N2O7S2/c1-3-27-18(22)15-12-6-7-29(25,26)9-14(12)28-17(15)19-16(21)11-5-4-10(2)13(8-11)20(23)24/h4-5,8H,3,6-7,9H2,1-2H3,(H,19,21). The highest BCUT2D eigenvalue weighted by Gasteiger charge is 2.32. The highest BCUT2D eigenvalue weighted by atomic mass is 32.2. The summed E-state index contributed by atoms with van der Waals surface area (Å²) in [4.78, 5) is 36.2. The molecule has 0 radical (unpaired) electrons. The second kappa shape index (κ2) is 7.91. The molecule has 0 saturated carbocycles. The van der Waals surface area contributed by atoms with Gasteiger partial charge in [0.15, 0.2) is 9.84 Å². The Morgan fingerprint density at radius 3 is 2.72 bits per heavy atom. The van der Waals surface area contributed by atoms with Gasteiger partial charge in [-0.3, -0.25) is 14.9 Å². The molecule has 1 amide bonds. The van der Waals surface area contributed by atoms with Crippen LogP contribution in [-0.2, 0) is 26.7 Å². The molecule has 2 aromatic rings. The van der Waals surface area contributed by atoms with E-state index in [4.69, 9.17) is 4.74 Å². The van der Waals surface area contributed by atoms with Crippen LogP contribution in [-0.4, -0.2) is 37.6 Å². The molecule has 0 saturated heterocycles. The molecule has 1 aromatic heterocycles. The van der Waals surface area contributed by atoms with E-state index in [1.807, 2.05) is 0 Å². The molecular weight excluding hydrogens is 420 g/mol. The highest BCUT2D eigenvalue weighted by Crippen LogP contribution is 2.38. The van der Waals surface area contributed by atoms with Crippen LogP contribution in [0.3, 0.4) is 0 Å². The van der Waals surface area contributed by atoms with Gasteiger partial charge >= 0.3 is 5.97 Å². The van der Waals surface area contributed by atoms with Crippen LogP contribution in [0.4, 0.5) is 10.7 Å². The molecule has 0 atom stereocenters. The van der Waals surface area contributed by atoms with Gasteiger partial charge in [-0.25, -0.2) is 13.2 Å². The first-order chi connectivity index (χ1) is 13.6. The maximum absolute atomic E-state index is 12.7. The fraction of sp³-hybridized carbons (Fsp3) is 0.333. The van der Waals surface area contributed by atoms with E-state index in [1.165, 1.54) is 12.1 Å². The van der Waals surface area contributed by atoms with Crippen LogP contribution in [0.15, 0.2) is 18.2 Å².